The van der Waals surface area contributed by atoms with E-state index in [4.69, 9.17) is 16.2 Å². The highest BCUT2D eigenvalue weighted by Crippen LogP contribution is 2.11. The molecule has 1 aliphatic heterocycles. The number of nitrogens with two attached hydrogens (primary N) is 2. The lowest BCUT2D eigenvalue weighted by atomic mass is 10.1. The largest absolute Gasteiger partial charge is 0.380 e. The maximum absolute atomic E-state index is 11.5. The number of amides is 1. The Morgan fingerprint density at radius 2 is 2.31 bits per heavy atom. The van der Waals surface area contributed by atoms with Crippen molar-refractivity contribution in [2.45, 2.75) is 17.7 Å². The second-order valence-electron chi connectivity index (χ2n) is 3.06. The van der Waals surface area contributed by atoms with Crippen molar-refractivity contribution in [1.29, 1.82) is 0 Å². The van der Waals surface area contributed by atoms with Crippen molar-refractivity contribution in [2.24, 2.45) is 11.5 Å². The van der Waals surface area contributed by atoms with Crippen molar-refractivity contribution in [3.8, 4) is 0 Å². The number of rotatable bonds is 3. The standard InChI is InChI=1S/C7H14N2O3S/c8-5-1-2-12-3-6(5)13(11)4-7(9)10/h5-6H,1-4,8H2,(H2,9,10). The van der Waals surface area contributed by atoms with Gasteiger partial charge in [-0.05, 0) is 6.42 Å². The number of primary amides is 1. The van der Waals surface area contributed by atoms with Gasteiger partial charge in [-0.2, -0.15) is 0 Å². The molecule has 0 aromatic heterocycles. The molecule has 0 saturated carbocycles. The molecule has 0 aromatic rings. The molecule has 3 unspecified atom stereocenters. The molecular weight excluding hydrogens is 192 g/mol. The Morgan fingerprint density at radius 1 is 1.62 bits per heavy atom. The lowest BCUT2D eigenvalue weighted by molar-refractivity contribution is -0.115. The molecule has 0 aliphatic carbocycles. The van der Waals surface area contributed by atoms with Crippen LogP contribution in [0.3, 0.4) is 0 Å². The van der Waals surface area contributed by atoms with Crippen LogP contribution < -0.4 is 11.5 Å². The summed E-state index contributed by atoms with van der Waals surface area (Å²) in [6.45, 7) is 0.965. The summed E-state index contributed by atoms with van der Waals surface area (Å²) >= 11 is 0. The Labute approximate surface area is 79.3 Å². The zero-order valence-corrected chi connectivity index (χ0v) is 8.09. The minimum atomic E-state index is -1.29. The van der Waals surface area contributed by atoms with E-state index in [0.29, 0.717) is 19.6 Å². The van der Waals surface area contributed by atoms with Gasteiger partial charge in [0.15, 0.2) is 0 Å². The topological polar surface area (TPSA) is 95.4 Å². The molecule has 0 radical (unpaired) electrons. The molecule has 1 saturated heterocycles. The summed E-state index contributed by atoms with van der Waals surface area (Å²) in [5.41, 5.74) is 10.7. The third kappa shape index (κ3) is 3.06. The first-order valence-electron chi connectivity index (χ1n) is 4.10. The Kier molecular flexibility index (Phi) is 3.83. The number of hydrogen-bond donors (Lipinski definition) is 2. The number of ether oxygens (including phenoxy) is 1. The van der Waals surface area contributed by atoms with E-state index in [2.05, 4.69) is 0 Å². The fourth-order valence-electron chi connectivity index (χ4n) is 1.25. The van der Waals surface area contributed by atoms with Gasteiger partial charge >= 0.3 is 0 Å². The van der Waals surface area contributed by atoms with E-state index in [0.717, 1.165) is 0 Å². The molecule has 13 heavy (non-hydrogen) atoms. The summed E-state index contributed by atoms with van der Waals surface area (Å²) in [5, 5.41) is -0.249. The lowest BCUT2D eigenvalue weighted by Gasteiger charge is -2.27. The monoisotopic (exact) mass is 206 g/mol. The highest BCUT2D eigenvalue weighted by Gasteiger charge is 2.28. The molecule has 5 nitrogen and oxygen atoms in total. The van der Waals surface area contributed by atoms with Crippen LogP contribution >= 0.6 is 0 Å². The van der Waals surface area contributed by atoms with E-state index in [1.807, 2.05) is 0 Å². The zero-order valence-electron chi connectivity index (χ0n) is 7.27. The zero-order chi connectivity index (χ0) is 9.84. The van der Waals surface area contributed by atoms with Gasteiger partial charge in [0, 0.05) is 23.4 Å². The van der Waals surface area contributed by atoms with Gasteiger partial charge < -0.3 is 16.2 Å². The highest BCUT2D eigenvalue weighted by molar-refractivity contribution is 7.86. The number of carbonyl (C=O) groups is 1. The van der Waals surface area contributed by atoms with Crippen LogP contribution in [-0.2, 0) is 20.3 Å². The van der Waals surface area contributed by atoms with Gasteiger partial charge in [-0.15, -0.1) is 0 Å². The van der Waals surface area contributed by atoms with Crippen molar-refractivity contribution in [3.05, 3.63) is 0 Å². The van der Waals surface area contributed by atoms with E-state index in [9.17, 15) is 9.00 Å². The Morgan fingerprint density at radius 3 is 2.85 bits per heavy atom. The maximum Gasteiger partial charge on any atom is 0.230 e. The molecule has 1 amide bonds. The summed E-state index contributed by atoms with van der Waals surface area (Å²) in [6, 6.07) is -0.145. The molecule has 6 heteroatoms. The molecular formula is C7H14N2O3S. The Balaban J connectivity index is 2.48. The third-order valence-electron chi connectivity index (χ3n) is 1.98. The molecule has 3 atom stereocenters. The van der Waals surface area contributed by atoms with E-state index in [1.54, 1.807) is 0 Å². The summed E-state index contributed by atoms with van der Waals surface area (Å²) in [6.07, 6.45) is 0.690. The summed E-state index contributed by atoms with van der Waals surface area (Å²) < 4.78 is 16.6. The fourth-order valence-corrected chi connectivity index (χ4v) is 2.51. The Bertz CT molecular complexity index is 222. The summed E-state index contributed by atoms with van der Waals surface area (Å²) in [5.74, 6) is -0.682. The molecule has 4 N–H and O–H groups in total. The van der Waals surface area contributed by atoms with Crippen molar-refractivity contribution >= 4 is 16.7 Å². The van der Waals surface area contributed by atoms with Crippen LogP contribution in [0.1, 0.15) is 6.42 Å². The van der Waals surface area contributed by atoms with Crippen molar-refractivity contribution < 1.29 is 13.7 Å². The third-order valence-corrected chi connectivity index (χ3v) is 3.71. The first-order chi connectivity index (χ1) is 6.11. The second-order valence-corrected chi connectivity index (χ2v) is 4.71. The molecule has 0 bridgehead atoms. The smallest absolute Gasteiger partial charge is 0.230 e. The highest BCUT2D eigenvalue weighted by atomic mass is 32.2. The van der Waals surface area contributed by atoms with Crippen LogP contribution in [0.2, 0.25) is 0 Å². The van der Waals surface area contributed by atoms with Crippen molar-refractivity contribution in [1.82, 2.24) is 0 Å². The van der Waals surface area contributed by atoms with Gasteiger partial charge in [0.1, 0.15) is 5.75 Å². The average Bonchev–Trinajstić information content (AvgIpc) is 2.03. The molecule has 1 rings (SSSR count). The van der Waals surface area contributed by atoms with Gasteiger partial charge in [0.25, 0.3) is 0 Å². The predicted molar refractivity (Wildman–Crippen MR) is 49.4 cm³/mol. The van der Waals surface area contributed by atoms with Crippen molar-refractivity contribution in [2.75, 3.05) is 19.0 Å². The molecule has 1 fully saturated rings. The van der Waals surface area contributed by atoms with Crippen LogP contribution in [0, 0.1) is 0 Å². The normalized spacial score (nSPS) is 31.2. The van der Waals surface area contributed by atoms with E-state index in [1.165, 1.54) is 0 Å². The molecule has 0 aromatic carbocycles. The SMILES string of the molecule is NC(=O)CS(=O)C1COCCC1N. The van der Waals surface area contributed by atoms with Gasteiger partial charge in [-0.3, -0.25) is 9.00 Å². The molecule has 76 valence electrons. The Hall–Kier alpha value is -0.460. The second kappa shape index (κ2) is 4.69. The maximum atomic E-state index is 11.5. The first kappa shape index (κ1) is 10.6. The van der Waals surface area contributed by atoms with Crippen molar-refractivity contribution in [3.63, 3.8) is 0 Å². The molecule has 1 aliphatic rings. The minimum Gasteiger partial charge on any atom is -0.380 e. The summed E-state index contributed by atoms with van der Waals surface area (Å²) in [7, 11) is -1.29. The average molecular weight is 206 g/mol. The van der Waals surface area contributed by atoms with Gasteiger partial charge in [-0.1, -0.05) is 0 Å². The van der Waals surface area contributed by atoms with E-state index < -0.39 is 16.7 Å². The molecule has 1 heterocycles. The van der Waals surface area contributed by atoms with Crippen LogP contribution in [0.15, 0.2) is 0 Å². The molecule has 0 spiro atoms. The van der Waals surface area contributed by atoms with Gasteiger partial charge in [0.2, 0.25) is 5.91 Å². The van der Waals surface area contributed by atoms with Crippen LogP contribution in [0.4, 0.5) is 0 Å². The lowest BCUT2D eigenvalue weighted by Crippen LogP contribution is -2.47. The minimum absolute atomic E-state index is 0.123. The quantitative estimate of drug-likeness (QED) is 0.577. The van der Waals surface area contributed by atoms with E-state index >= 15 is 0 Å². The summed E-state index contributed by atoms with van der Waals surface area (Å²) in [4.78, 5) is 10.5. The van der Waals surface area contributed by atoms with Crippen LogP contribution in [0.25, 0.3) is 0 Å². The predicted octanol–water partition coefficient (Wildman–Crippen LogP) is -1.66. The fraction of sp³-hybridized carbons (Fsp3) is 0.857. The number of hydrogen-bond acceptors (Lipinski definition) is 4. The van der Waals surface area contributed by atoms with E-state index in [-0.39, 0.29) is 17.0 Å². The van der Waals surface area contributed by atoms with Gasteiger partial charge in [-0.25, -0.2) is 0 Å². The number of carbonyl (C=O) groups excluding carboxylic acids is 1. The van der Waals surface area contributed by atoms with Crippen LogP contribution in [0.5, 0.6) is 0 Å². The van der Waals surface area contributed by atoms with Gasteiger partial charge in [0.05, 0.1) is 11.9 Å². The first-order valence-corrected chi connectivity index (χ1v) is 5.48. The van der Waals surface area contributed by atoms with Crippen LogP contribution in [-0.4, -0.2) is 40.4 Å².